The highest BCUT2D eigenvalue weighted by atomic mass is 32.1. The molecule has 1 N–H and O–H groups in total. The molecule has 0 radical (unpaired) electrons. The van der Waals surface area contributed by atoms with Crippen LogP contribution in [-0.4, -0.2) is 25.2 Å². The number of rotatable bonds is 4. The highest BCUT2D eigenvalue weighted by Crippen LogP contribution is 2.34. The van der Waals surface area contributed by atoms with E-state index in [1.54, 1.807) is 26.3 Å². The number of ether oxygens (including phenoxy) is 1. The number of carbonyl (C=O) groups is 1. The van der Waals surface area contributed by atoms with Crippen LogP contribution < -0.4 is 15.3 Å². The molecule has 2 aromatic carbocycles. The summed E-state index contributed by atoms with van der Waals surface area (Å²) < 4.78 is 11.2. The number of amides is 1. The number of anilines is 1. The Morgan fingerprint density at radius 1 is 1.17 bits per heavy atom. The zero-order chi connectivity index (χ0) is 20.7. The minimum absolute atomic E-state index is 0.00123. The van der Waals surface area contributed by atoms with Crippen LogP contribution in [0.25, 0.3) is 26.8 Å². The van der Waals surface area contributed by atoms with Crippen molar-refractivity contribution in [1.29, 1.82) is 0 Å². The molecule has 0 spiro atoms. The molecule has 0 aliphatic heterocycles. The molecule has 2 heterocycles. The molecule has 0 atom stereocenters. The first-order valence-electron chi connectivity index (χ1n) is 8.70. The molecule has 0 aliphatic rings. The van der Waals surface area contributed by atoms with E-state index in [9.17, 15) is 14.7 Å². The average Bonchev–Trinajstić information content (AvgIpc) is 3.13. The zero-order valence-electron chi connectivity index (χ0n) is 15.8. The second-order valence-corrected chi connectivity index (χ2v) is 7.53. The van der Waals surface area contributed by atoms with Crippen LogP contribution >= 0.6 is 11.3 Å². The van der Waals surface area contributed by atoms with Gasteiger partial charge in [-0.15, -0.1) is 11.3 Å². The quantitative estimate of drug-likeness (QED) is 0.491. The van der Waals surface area contributed by atoms with Crippen molar-refractivity contribution in [3.63, 3.8) is 0 Å². The van der Waals surface area contributed by atoms with Crippen LogP contribution in [0.2, 0.25) is 0 Å². The van der Waals surface area contributed by atoms with Crippen molar-refractivity contribution in [3.8, 4) is 5.75 Å². The fourth-order valence-corrected chi connectivity index (χ4v) is 4.12. The van der Waals surface area contributed by atoms with Crippen molar-refractivity contribution >= 4 is 49.1 Å². The Morgan fingerprint density at radius 2 is 1.93 bits per heavy atom. The summed E-state index contributed by atoms with van der Waals surface area (Å²) in [4.78, 5) is 26.7. The molecule has 0 saturated carbocycles. The maximum Gasteiger partial charge on any atom is 0.347 e. The summed E-state index contributed by atoms with van der Waals surface area (Å²) >= 11 is 1.27. The minimum Gasteiger partial charge on any atom is -0.508 e. The van der Waals surface area contributed by atoms with E-state index in [-0.39, 0.29) is 17.2 Å². The number of hydrogen-bond donors (Lipinski definition) is 1. The molecular weight excluding hydrogens is 390 g/mol. The van der Waals surface area contributed by atoms with Crippen LogP contribution in [0.1, 0.15) is 15.9 Å². The fraction of sp³-hybridized carbons (Fsp3) is 0.0909. The van der Waals surface area contributed by atoms with Crippen molar-refractivity contribution in [2.24, 2.45) is 0 Å². The van der Waals surface area contributed by atoms with Crippen molar-refractivity contribution in [1.82, 2.24) is 0 Å². The summed E-state index contributed by atoms with van der Waals surface area (Å²) in [6.45, 7) is 3.37. The molecule has 29 heavy (non-hydrogen) atoms. The number of nitrogens with zero attached hydrogens (tertiary/aromatic N) is 1. The van der Waals surface area contributed by atoms with E-state index < -0.39 is 5.63 Å². The molecule has 4 rings (SSSR count). The summed E-state index contributed by atoms with van der Waals surface area (Å²) in [5.74, 6) is 0.0116. The Bertz CT molecular complexity index is 1330. The summed E-state index contributed by atoms with van der Waals surface area (Å²) in [5, 5.41) is 11.9. The highest BCUT2D eigenvalue weighted by Gasteiger charge is 2.20. The van der Waals surface area contributed by atoms with Gasteiger partial charge in [-0.2, -0.15) is 0 Å². The van der Waals surface area contributed by atoms with Crippen LogP contribution in [0.4, 0.5) is 5.00 Å². The lowest BCUT2D eigenvalue weighted by Gasteiger charge is -2.17. The number of aliphatic hydroxyl groups is 1. The average molecular weight is 407 g/mol. The summed E-state index contributed by atoms with van der Waals surface area (Å²) in [7, 11) is 3.22. The van der Waals surface area contributed by atoms with Gasteiger partial charge in [0.2, 0.25) is 0 Å². The number of thiophene rings is 1. The SMILES string of the molecule is C=C(O)c1cc2sc(N(C)C(=O)c3cc(OC)cc4ccccc34)cc2oc1=O. The Labute approximate surface area is 169 Å². The van der Waals surface area contributed by atoms with Gasteiger partial charge in [-0.1, -0.05) is 30.8 Å². The van der Waals surface area contributed by atoms with Crippen LogP contribution in [0.5, 0.6) is 5.75 Å². The van der Waals surface area contributed by atoms with Gasteiger partial charge in [-0.05, 0) is 29.0 Å². The summed E-state index contributed by atoms with van der Waals surface area (Å²) in [6, 6.07) is 14.3. The molecule has 4 aromatic rings. The van der Waals surface area contributed by atoms with Crippen molar-refractivity contribution in [2.45, 2.75) is 0 Å². The zero-order valence-corrected chi connectivity index (χ0v) is 16.6. The van der Waals surface area contributed by atoms with E-state index in [1.807, 2.05) is 30.3 Å². The van der Waals surface area contributed by atoms with Gasteiger partial charge >= 0.3 is 5.63 Å². The maximum absolute atomic E-state index is 13.3. The molecule has 0 unspecified atom stereocenters. The van der Waals surface area contributed by atoms with Crippen molar-refractivity contribution in [2.75, 3.05) is 19.1 Å². The number of methoxy groups -OCH3 is 1. The second kappa shape index (κ2) is 7.10. The predicted octanol–water partition coefficient (Wildman–Crippen LogP) is 4.82. The van der Waals surface area contributed by atoms with E-state index in [0.29, 0.717) is 26.6 Å². The van der Waals surface area contributed by atoms with E-state index in [1.165, 1.54) is 22.3 Å². The van der Waals surface area contributed by atoms with Crippen LogP contribution in [0.3, 0.4) is 0 Å². The molecule has 6 nitrogen and oxygen atoms in total. The largest absolute Gasteiger partial charge is 0.508 e. The molecule has 7 heteroatoms. The Hall–Kier alpha value is -3.58. The Morgan fingerprint density at radius 3 is 2.66 bits per heavy atom. The first-order valence-corrected chi connectivity index (χ1v) is 9.51. The third-order valence-electron chi connectivity index (χ3n) is 4.66. The topological polar surface area (TPSA) is 80.0 Å². The lowest BCUT2D eigenvalue weighted by Crippen LogP contribution is -2.25. The maximum atomic E-state index is 13.3. The van der Waals surface area contributed by atoms with Gasteiger partial charge in [0.05, 0.1) is 17.4 Å². The Balaban J connectivity index is 1.80. The van der Waals surface area contributed by atoms with Gasteiger partial charge < -0.3 is 19.2 Å². The molecule has 0 bridgehead atoms. The Kier molecular flexibility index (Phi) is 4.60. The molecule has 2 aromatic heterocycles. The molecule has 0 aliphatic carbocycles. The summed E-state index contributed by atoms with van der Waals surface area (Å²) in [6.07, 6.45) is 0. The van der Waals surface area contributed by atoms with Gasteiger partial charge in [0.25, 0.3) is 5.91 Å². The number of aliphatic hydroxyl groups excluding tert-OH is 1. The third kappa shape index (κ3) is 3.25. The van der Waals surface area contributed by atoms with E-state index >= 15 is 0 Å². The standard InChI is InChI=1S/C22H17NO5S/c1-12(24)16-10-19-18(28-22(16)26)11-20(29-19)23(2)21(25)17-9-14(27-3)8-13-6-4-5-7-15(13)17/h4-11,24H,1H2,2-3H3. The van der Waals surface area contributed by atoms with Gasteiger partial charge in [-0.25, -0.2) is 4.79 Å². The third-order valence-corrected chi connectivity index (χ3v) is 5.80. The second-order valence-electron chi connectivity index (χ2n) is 6.47. The van der Waals surface area contributed by atoms with Crippen molar-refractivity contribution < 1.29 is 19.1 Å². The van der Waals surface area contributed by atoms with Gasteiger partial charge in [-0.3, -0.25) is 4.79 Å². The summed E-state index contributed by atoms with van der Waals surface area (Å²) in [5.41, 5.74) is 0.168. The molecular formula is C22H17NO5S. The van der Waals surface area contributed by atoms with E-state index in [2.05, 4.69) is 6.58 Å². The molecule has 0 fully saturated rings. The monoisotopic (exact) mass is 407 g/mol. The fourth-order valence-electron chi connectivity index (χ4n) is 3.13. The van der Waals surface area contributed by atoms with Gasteiger partial charge in [0.15, 0.2) is 5.58 Å². The van der Waals surface area contributed by atoms with Crippen LogP contribution in [0, 0.1) is 0 Å². The predicted molar refractivity (Wildman–Crippen MR) is 115 cm³/mol. The normalized spacial score (nSPS) is 11.0. The minimum atomic E-state index is -0.679. The molecule has 1 amide bonds. The smallest absolute Gasteiger partial charge is 0.347 e. The van der Waals surface area contributed by atoms with Crippen molar-refractivity contribution in [3.05, 3.63) is 76.7 Å². The lowest BCUT2D eigenvalue weighted by atomic mass is 10.0. The number of benzene rings is 2. The number of carbonyl (C=O) groups excluding carboxylic acids is 1. The van der Waals surface area contributed by atoms with Crippen LogP contribution in [0.15, 0.2) is 64.3 Å². The molecule has 146 valence electrons. The lowest BCUT2D eigenvalue weighted by molar-refractivity contribution is 0.0995. The first kappa shape index (κ1) is 18.8. The van der Waals surface area contributed by atoms with Crippen LogP contribution in [-0.2, 0) is 0 Å². The van der Waals surface area contributed by atoms with Gasteiger partial charge in [0, 0.05) is 13.1 Å². The van der Waals surface area contributed by atoms with Gasteiger partial charge in [0.1, 0.15) is 22.1 Å². The molecule has 0 saturated heterocycles. The van der Waals surface area contributed by atoms with E-state index in [4.69, 9.17) is 9.15 Å². The number of hydrogen-bond acceptors (Lipinski definition) is 6. The first-order chi connectivity index (χ1) is 13.9. The highest BCUT2D eigenvalue weighted by molar-refractivity contribution is 7.22. The number of fused-ring (bicyclic) bond motifs is 2. The van der Waals surface area contributed by atoms with E-state index in [0.717, 1.165) is 10.8 Å².